The number of hydrogen-bond donors (Lipinski definition) is 3. The van der Waals surface area contributed by atoms with E-state index >= 15 is 0 Å². The number of fused-ring (bicyclic) bond motifs is 9. The summed E-state index contributed by atoms with van der Waals surface area (Å²) in [6.45, 7) is 14.2. The molecular weight excluding hydrogens is 556 g/mol. The van der Waals surface area contributed by atoms with Crippen molar-refractivity contribution in [3.8, 4) is 0 Å². The summed E-state index contributed by atoms with van der Waals surface area (Å²) in [5.41, 5.74) is 11.1. The topological polar surface area (TPSA) is 138 Å². The highest BCUT2D eigenvalue weighted by molar-refractivity contribution is 6.28. The summed E-state index contributed by atoms with van der Waals surface area (Å²) >= 11 is 0. The van der Waals surface area contributed by atoms with Crippen LogP contribution < -0.4 is 0 Å². The molecule has 9 heteroatoms. The number of H-pyrrole nitrogens is 2. The summed E-state index contributed by atoms with van der Waals surface area (Å²) in [6.07, 6.45) is 3.06. The highest BCUT2D eigenvalue weighted by Gasteiger charge is 2.64. The molecule has 3 aromatic rings. The van der Waals surface area contributed by atoms with Crippen molar-refractivity contribution < 1.29 is 24.2 Å². The van der Waals surface area contributed by atoms with Crippen LogP contribution in [0.3, 0.4) is 0 Å². The van der Waals surface area contributed by atoms with Crippen molar-refractivity contribution in [2.45, 2.75) is 71.6 Å². The Kier molecular flexibility index (Phi) is 6.12. The van der Waals surface area contributed by atoms with Crippen LogP contribution in [-0.2, 0) is 37.4 Å². The van der Waals surface area contributed by atoms with Crippen LogP contribution in [0.1, 0.15) is 90.1 Å². The Hall–Kier alpha value is -4.79. The SMILES string of the molecule is C=Cc1c(C)c2cc3nc(c4c5nc(cc6[nH]c(cc1[nH]2)c(C)c6CC)C(C)=C5C(=O)OC(=O)C4)C1(CC1CC(=O)O)[C@@H]3C. The fourth-order valence-electron chi connectivity index (χ4n) is 7.73. The third kappa shape index (κ3) is 3.87. The number of aliphatic carboxylic acids is 1. The predicted molar refractivity (Wildman–Crippen MR) is 168 cm³/mol. The monoisotopic (exact) mass is 590 g/mol. The fraction of sp³-hybridized carbons (Fsp3) is 0.343. The second-order valence-electron chi connectivity index (χ2n) is 12.4. The predicted octanol–water partition coefficient (Wildman–Crippen LogP) is 6.23. The molecule has 8 bridgehead atoms. The van der Waals surface area contributed by atoms with Gasteiger partial charge in [0, 0.05) is 56.6 Å². The Morgan fingerprint density at radius 2 is 1.82 bits per heavy atom. The molecule has 6 heterocycles. The number of nitrogens with zero attached hydrogens (tertiary/aromatic N) is 2. The van der Waals surface area contributed by atoms with Gasteiger partial charge in [-0.1, -0.05) is 26.5 Å². The summed E-state index contributed by atoms with van der Waals surface area (Å²) in [5, 5.41) is 9.74. The van der Waals surface area contributed by atoms with Crippen LogP contribution in [-0.4, -0.2) is 43.0 Å². The van der Waals surface area contributed by atoms with Crippen LogP contribution in [0.5, 0.6) is 0 Å². The van der Waals surface area contributed by atoms with Crippen molar-refractivity contribution in [3.05, 3.63) is 75.4 Å². The number of carboxylic acid groups (broad SMARTS) is 1. The maximum absolute atomic E-state index is 13.3. The Labute approximate surface area is 254 Å². The van der Waals surface area contributed by atoms with Crippen LogP contribution in [0, 0.1) is 19.8 Å². The zero-order chi connectivity index (χ0) is 31.2. The summed E-state index contributed by atoms with van der Waals surface area (Å²) in [7, 11) is 0. The first-order valence-electron chi connectivity index (χ1n) is 15.1. The highest BCUT2D eigenvalue weighted by atomic mass is 16.6. The first kappa shape index (κ1) is 28.0. The first-order valence-corrected chi connectivity index (χ1v) is 15.1. The van der Waals surface area contributed by atoms with Gasteiger partial charge in [-0.25, -0.2) is 9.78 Å². The van der Waals surface area contributed by atoms with Crippen LogP contribution in [0.2, 0.25) is 0 Å². The highest BCUT2D eigenvalue weighted by Crippen LogP contribution is 2.66. The van der Waals surface area contributed by atoms with Crippen LogP contribution in [0.15, 0.2) is 24.8 Å². The molecule has 3 aromatic heterocycles. The number of carbonyl (C=O) groups is 3. The molecule has 0 aromatic carbocycles. The molecule has 0 amide bonds. The quantitative estimate of drug-likeness (QED) is 0.242. The number of carboxylic acids is 1. The van der Waals surface area contributed by atoms with Gasteiger partial charge in [0.2, 0.25) is 0 Å². The number of nitrogens with one attached hydrogen (secondary N) is 2. The van der Waals surface area contributed by atoms with Gasteiger partial charge in [0.25, 0.3) is 0 Å². The normalized spacial score (nSPS) is 22.3. The molecule has 9 nitrogen and oxygen atoms in total. The summed E-state index contributed by atoms with van der Waals surface area (Å²) in [6, 6.07) is 6.07. The molecule has 224 valence electrons. The van der Waals surface area contributed by atoms with E-state index < -0.39 is 23.3 Å². The van der Waals surface area contributed by atoms with E-state index in [0.29, 0.717) is 34.6 Å². The molecule has 3 N–H and O–H groups in total. The molecule has 0 radical (unpaired) electrons. The average molecular weight is 591 g/mol. The van der Waals surface area contributed by atoms with Crippen molar-refractivity contribution in [1.29, 1.82) is 0 Å². The maximum atomic E-state index is 13.3. The maximum Gasteiger partial charge on any atom is 0.348 e. The Morgan fingerprint density at radius 3 is 2.52 bits per heavy atom. The number of allylic oxidation sites excluding steroid dienone is 1. The minimum atomic E-state index is -0.877. The second-order valence-corrected chi connectivity index (χ2v) is 12.4. The van der Waals surface area contributed by atoms with Crippen molar-refractivity contribution >= 4 is 57.2 Å². The molecule has 1 aliphatic carbocycles. The molecule has 3 atom stereocenters. The largest absolute Gasteiger partial charge is 0.481 e. The van der Waals surface area contributed by atoms with Gasteiger partial charge >= 0.3 is 17.9 Å². The van der Waals surface area contributed by atoms with Crippen LogP contribution >= 0.6 is 0 Å². The number of carbonyl (C=O) groups excluding carboxylic acids is 2. The van der Waals surface area contributed by atoms with E-state index in [9.17, 15) is 19.5 Å². The first-order chi connectivity index (χ1) is 21.0. The van der Waals surface area contributed by atoms with E-state index in [1.165, 1.54) is 0 Å². The molecule has 3 aliphatic heterocycles. The molecule has 0 saturated heterocycles. The molecule has 1 saturated carbocycles. The van der Waals surface area contributed by atoms with E-state index in [2.05, 4.69) is 43.4 Å². The molecule has 2 unspecified atom stereocenters. The minimum Gasteiger partial charge on any atom is -0.481 e. The van der Waals surface area contributed by atoms with Crippen LogP contribution in [0.25, 0.3) is 39.3 Å². The van der Waals surface area contributed by atoms with Gasteiger partial charge in [-0.05, 0) is 80.0 Å². The lowest BCUT2D eigenvalue weighted by Crippen LogP contribution is -2.18. The molecule has 7 rings (SSSR count). The third-order valence-electron chi connectivity index (χ3n) is 10.2. The molecule has 44 heavy (non-hydrogen) atoms. The van der Waals surface area contributed by atoms with Gasteiger partial charge in [0.05, 0.1) is 29.1 Å². The van der Waals surface area contributed by atoms with Crippen molar-refractivity contribution in [1.82, 2.24) is 19.9 Å². The van der Waals surface area contributed by atoms with E-state index in [1.54, 1.807) is 0 Å². The summed E-state index contributed by atoms with van der Waals surface area (Å²) in [5.74, 6) is -2.57. The lowest BCUT2D eigenvalue weighted by molar-refractivity contribution is -0.154. The van der Waals surface area contributed by atoms with Gasteiger partial charge in [-0.2, -0.15) is 0 Å². The van der Waals surface area contributed by atoms with Crippen LogP contribution in [0.4, 0.5) is 0 Å². The molecular formula is C35H34N4O5. The Bertz CT molecular complexity index is 2060. The standard InChI is InChI=1S/C35H34N4O5/c1-7-20-15(3)23-11-26-18(6)35(14-19(35)9-29(40)41)33(39-26)22-10-30(42)44-34(43)31-17(5)25(38-32(22)31)13-28-21(8-2)16(4)24(37-28)12-27(20)36-23/h7,11-13,18-19,36-37H,1,8-10,14H2,2-6H3,(H,40,41)/t18-,19?,35?/m1/s1. The van der Waals surface area contributed by atoms with Gasteiger partial charge in [0.1, 0.15) is 0 Å². The molecule has 1 spiro atoms. The fourth-order valence-corrected chi connectivity index (χ4v) is 7.73. The van der Waals surface area contributed by atoms with Crippen molar-refractivity contribution in [2.75, 3.05) is 0 Å². The van der Waals surface area contributed by atoms with Gasteiger partial charge in [-0.3, -0.25) is 14.6 Å². The summed E-state index contributed by atoms with van der Waals surface area (Å²) < 4.78 is 5.26. The number of aryl methyl sites for hydroxylation is 3. The van der Waals surface area contributed by atoms with E-state index in [0.717, 1.165) is 56.4 Å². The van der Waals surface area contributed by atoms with E-state index in [1.807, 2.05) is 32.1 Å². The number of esters is 2. The lowest BCUT2D eigenvalue weighted by atomic mass is 9.82. The number of aromatic amines is 2. The van der Waals surface area contributed by atoms with Gasteiger partial charge in [-0.15, -0.1) is 0 Å². The minimum absolute atomic E-state index is 0.0119. The second kappa shape index (κ2) is 9.61. The number of ether oxygens (including phenoxy) is 1. The number of cyclic esters (lactones) is 2. The molecule has 1 fully saturated rings. The Morgan fingerprint density at radius 1 is 1.09 bits per heavy atom. The lowest BCUT2D eigenvalue weighted by Gasteiger charge is -2.18. The van der Waals surface area contributed by atoms with Gasteiger partial charge in [0.15, 0.2) is 0 Å². The number of hydrogen-bond acceptors (Lipinski definition) is 6. The number of rotatable bonds is 4. The van der Waals surface area contributed by atoms with Crippen molar-refractivity contribution in [2.24, 2.45) is 5.92 Å². The zero-order valence-electron chi connectivity index (χ0n) is 25.5. The Balaban J connectivity index is 1.68. The number of aromatic nitrogens is 4. The zero-order valence-corrected chi connectivity index (χ0v) is 25.5. The van der Waals surface area contributed by atoms with Gasteiger partial charge < -0.3 is 19.8 Å². The average Bonchev–Trinajstić information content (AvgIpc) is 3.17. The third-order valence-corrected chi connectivity index (χ3v) is 10.2. The molecule has 4 aliphatic rings. The summed E-state index contributed by atoms with van der Waals surface area (Å²) in [4.78, 5) is 55.5. The van der Waals surface area contributed by atoms with Crippen molar-refractivity contribution in [3.63, 3.8) is 0 Å². The van der Waals surface area contributed by atoms with E-state index in [4.69, 9.17) is 14.7 Å². The smallest absolute Gasteiger partial charge is 0.348 e. The van der Waals surface area contributed by atoms with E-state index in [-0.39, 0.29) is 30.3 Å².